The fraction of sp³-hybridized carbons (Fsp3) is 0.276. The lowest BCUT2D eigenvalue weighted by Gasteiger charge is -2.25. The van der Waals surface area contributed by atoms with Gasteiger partial charge in [-0.1, -0.05) is 32.9 Å². The zero-order valence-corrected chi connectivity index (χ0v) is 21.1. The van der Waals surface area contributed by atoms with Crippen molar-refractivity contribution in [2.24, 2.45) is 0 Å². The van der Waals surface area contributed by atoms with E-state index < -0.39 is 17.7 Å². The second-order valence-electron chi connectivity index (χ2n) is 9.52. The van der Waals surface area contributed by atoms with Crippen molar-refractivity contribution < 1.29 is 24.2 Å². The number of hydrogen-bond donors (Lipinski definition) is 1. The third-order valence-corrected chi connectivity index (χ3v) is 6.10. The van der Waals surface area contributed by atoms with Crippen LogP contribution in [0.4, 0.5) is 5.69 Å². The zero-order valence-electron chi connectivity index (χ0n) is 21.1. The number of ketones is 1. The summed E-state index contributed by atoms with van der Waals surface area (Å²) < 4.78 is 11.1. The van der Waals surface area contributed by atoms with Crippen LogP contribution in [-0.4, -0.2) is 35.5 Å². The molecule has 1 amide bonds. The maximum absolute atomic E-state index is 13.4. The molecule has 1 aromatic heterocycles. The van der Waals surface area contributed by atoms with Crippen LogP contribution in [0.1, 0.15) is 50.6 Å². The van der Waals surface area contributed by atoms with Crippen molar-refractivity contribution in [2.75, 3.05) is 18.6 Å². The van der Waals surface area contributed by atoms with Gasteiger partial charge < -0.3 is 14.6 Å². The summed E-state index contributed by atoms with van der Waals surface area (Å²) in [4.78, 5) is 32.6. The summed E-state index contributed by atoms with van der Waals surface area (Å²) in [6.45, 7) is 8.43. The van der Waals surface area contributed by atoms with Gasteiger partial charge in [0.15, 0.2) is 0 Å². The lowest BCUT2D eigenvalue weighted by Crippen LogP contribution is -2.29. The van der Waals surface area contributed by atoms with Crippen LogP contribution >= 0.6 is 0 Å². The Kier molecular flexibility index (Phi) is 6.84. The van der Waals surface area contributed by atoms with E-state index in [4.69, 9.17) is 9.47 Å². The molecule has 1 aliphatic heterocycles. The fourth-order valence-electron chi connectivity index (χ4n) is 4.40. The minimum absolute atomic E-state index is 0.0226. The number of aliphatic hydroxyl groups is 1. The number of hydrogen-bond acceptors (Lipinski definition) is 6. The number of carbonyl (C=O) groups excluding carboxylic acids is 2. The Bertz CT molecular complexity index is 1320. The van der Waals surface area contributed by atoms with E-state index in [2.05, 4.69) is 4.98 Å². The van der Waals surface area contributed by atoms with Crippen molar-refractivity contribution in [1.82, 2.24) is 4.98 Å². The fourth-order valence-corrected chi connectivity index (χ4v) is 4.40. The van der Waals surface area contributed by atoms with Crippen LogP contribution in [0, 0.1) is 0 Å². The van der Waals surface area contributed by atoms with Gasteiger partial charge in [0.25, 0.3) is 11.7 Å². The Balaban J connectivity index is 1.93. The predicted molar refractivity (Wildman–Crippen MR) is 138 cm³/mol. The number of pyridine rings is 1. The van der Waals surface area contributed by atoms with Crippen molar-refractivity contribution in [1.29, 1.82) is 0 Å². The molecule has 1 atom stereocenters. The maximum Gasteiger partial charge on any atom is 0.300 e. The zero-order chi connectivity index (χ0) is 26.0. The van der Waals surface area contributed by atoms with Crippen LogP contribution in [0.3, 0.4) is 0 Å². The first-order valence-corrected chi connectivity index (χ1v) is 11.8. The van der Waals surface area contributed by atoms with Gasteiger partial charge in [-0.15, -0.1) is 0 Å². The van der Waals surface area contributed by atoms with Gasteiger partial charge in [0, 0.05) is 29.1 Å². The highest BCUT2D eigenvalue weighted by atomic mass is 16.5. The molecule has 7 nitrogen and oxygen atoms in total. The van der Waals surface area contributed by atoms with E-state index in [1.54, 1.807) is 74.0 Å². The molecule has 0 aliphatic carbocycles. The highest BCUT2D eigenvalue weighted by Gasteiger charge is 2.47. The first kappa shape index (κ1) is 25.0. The van der Waals surface area contributed by atoms with Gasteiger partial charge in [0.2, 0.25) is 0 Å². The number of aromatic nitrogens is 1. The molecule has 4 rings (SSSR count). The molecule has 3 aromatic rings. The molecule has 0 saturated carbocycles. The smallest absolute Gasteiger partial charge is 0.300 e. The van der Waals surface area contributed by atoms with Crippen LogP contribution in [-0.2, 0) is 15.0 Å². The Morgan fingerprint density at radius 2 is 1.83 bits per heavy atom. The normalized spacial score (nSPS) is 17.4. The van der Waals surface area contributed by atoms with Gasteiger partial charge >= 0.3 is 0 Å². The number of aliphatic hydroxyl groups excluding tert-OH is 1. The highest BCUT2D eigenvalue weighted by Crippen LogP contribution is 2.43. The summed E-state index contributed by atoms with van der Waals surface area (Å²) in [5.74, 6) is -0.542. The Morgan fingerprint density at radius 3 is 2.47 bits per heavy atom. The third-order valence-electron chi connectivity index (χ3n) is 6.10. The average molecular weight is 487 g/mol. The van der Waals surface area contributed by atoms with E-state index in [0.29, 0.717) is 35.1 Å². The SMILES string of the molecule is CCOc1cccc(N2C(=O)C(=O)/C(=C(\O)c3ccc(OC)c(C(C)(C)C)c3)C2c2ccccn2)c1. The number of methoxy groups -OCH3 is 1. The van der Waals surface area contributed by atoms with Crippen molar-refractivity contribution in [3.63, 3.8) is 0 Å². The second-order valence-corrected chi connectivity index (χ2v) is 9.52. The number of Topliss-reactive ketones (excluding diaryl/α,β-unsaturated/α-hetero) is 1. The number of carbonyl (C=O) groups is 2. The molecule has 2 heterocycles. The van der Waals surface area contributed by atoms with Gasteiger partial charge in [-0.3, -0.25) is 19.5 Å². The summed E-state index contributed by atoms with van der Waals surface area (Å²) >= 11 is 0. The van der Waals surface area contributed by atoms with Gasteiger partial charge in [0.1, 0.15) is 23.3 Å². The maximum atomic E-state index is 13.4. The van der Waals surface area contributed by atoms with Gasteiger partial charge in [-0.2, -0.15) is 0 Å². The number of anilines is 1. The molecule has 2 aromatic carbocycles. The van der Waals surface area contributed by atoms with Crippen LogP contribution in [0.15, 0.2) is 72.4 Å². The quantitative estimate of drug-likeness (QED) is 0.285. The lowest BCUT2D eigenvalue weighted by atomic mass is 9.84. The number of rotatable bonds is 6. The van der Waals surface area contributed by atoms with Gasteiger partial charge in [0.05, 0.1) is 25.0 Å². The van der Waals surface area contributed by atoms with E-state index >= 15 is 0 Å². The van der Waals surface area contributed by atoms with Crippen molar-refractivity contribution in [3.05, 3.63) is 89.3 Å². The number of amides is 1. The largest absolute Gasteiger partial charge is 0.507 e. The lowest BCUT2D eigenvalue weighted by molar-refractivity contribution is -0.132. The molecule has 1 saturated heterocycles. The molecule has 1 fully saturated rings. The molecule has 0 radical (unpaired) electrons. The molecule has 1 unspecified atom stereocenters. The average Bonchev–Trinajstić information content (AvgIpc) is 3.14. The van der Waals surface area contributed by atoms with Crippen LogP contribution < -0.4 is 14.4 Å². The summed E-state index contributed by atoms with van der Waals surface area (Å²) in [7, 11) is 1.59. The van der Waals surface area contributed by atoms with Crippen LogP contribution in [0.2, 0.25) is 0 Å². The molecule has 1 aliphatic rings. The minimum atomic E-state index is -0.914. The molecule has 1 N–H and O–H groups in total. The molecule has 0 spiro atoms. The Morgan fingerprint density at radius 1 is 1.06 bits per heavy atom. The Labute approximate surface area is 211 Å². The molecule has 0 bridgehead atoms. The summed E-state index contributed by atoms with van der Waals surface area (Å²) in [5, 5.41) is 11.5. The highest BCUT2D eigenvalue weighted by molar-refractivity contribution is 6.51. The van der Waals surface area contributed by atoms with Crippen LogP contribution in [0.25, 0.3) is 5.76 Å². The van der Waals surface area contributed by atoms with E-state index in [9.17, 15) is 14.7 Å². The molecule has 186 valence electrons. The van der Waals surface area contributed by atoms with Crippen molar-refractivity contribution in [3.8, 4) is 11.5 Å². The van der Waals surface area contributed by atoms with E-state index in [1.807, 2.05) is 27.7 Å². The number of ether oxygens (including phenoxy) is 2. The topological polar surface area (TPSA) is 89.0 Å². The molecular weight excluding hydrogens is 456 g/mol. The van der Waals surface area contributed by atoms with Gasteiger partial charge in [-0.05, 0) is 54.8 Å². The predicted octanol–water partition coefficient (Wildman–Crippen LogP) is 5.41. The third kappa shape index (κ3) is 4.56. The van der Waals surface area contributed by atoms with Crippen LogP contribution in [0.5, 0.6) is 11.5 Å². The Hall–Kier alpha value is -4.13. The second kappa shape index (κ2) is 9.85. The van der Waals surface area contributed by atoms with Crippen molar-refractivity contribution in [2.45, 2.75) is 39.2 Å². The molecular formula is C29H30N2O5. The summed E-state index contributed by atoms with van der Waals surface area (Å²) in [6, 6.07) is 16.6. The number of benzene rings is 2. The molecule has 7 heteroatoms. The summed E-state index contributed by atoms with van der Waals surface area (Å²) in [5.41, 5.74) is 1.91. The van der Waals surface area contributed by atoms with E-state index in [1.165, 1.54) is 4.90 Å². The minimum Gasteiger partial charge on any atom is -0.507 e. The first-order chi connectivity index (χ1) is 17.2. The molecule has 36 heavy (non-hydrogen) atoms. The number of nitrogens with zero attached hydrogens (tertiary/aromatic N) is 2. The van der Waals surface area contributed by atoms with Crippen molar-refractivity contribution >= 4 is 23.1 Å². The van der Waals surface area contributed by atoms with E-state index in [-0.39, 0.29) is 16.7 Å². The first-order valence-electron chi connectivity index (χ1n) is 11.8. The van der Waals surface area contributed by atoms with Gasteiger partial charge in [-0.25, -0.2) is 0 Å². The monoisotopic (exact) mass is 486 g/mol. The summed E-state index contributed by atoms with van der Waals surface area (Å²) in [6.07, 6.45) is 1.59. The van der Waals surface area contributed by atoms with E-state index in [0.717, 1.165) is 5.56 Å². The standard InChI is InChI=1S/C29H30N2O5/c1-6-36-20-11-9-10-19(17-20)31-25(22-12-7-8-15-30-22)24(27(33)28(31)34)26(32)18-13-14-23(35-5)21(16-18)29(2,3)4/h7-17,25,32H,6H2,1-5H3/b26-24-.